The van der Waals surface area contributed by atoms with Crippen LogP contribution in [0.4, 0.5) is 5.82 Å². The van der Waals surface area contributed by atoms with Gasteiger partial charge in [0.05, 0.1) is 19.3 Å². The molecule has 0 bridgehead atoms. The van der Waals surface area contributed by atoms with Crippen LogP contribution in [0.2, 0.25) is 0 Å². The molecule has 0 atom stereocenters. The van der Waals surface area contributed by atoms with Gasteiger partial charge in [0.15, 0.2) is 0 Å². The molecule has 0 unspecified atom stereocenters. The topological polar surface area (TPSA) is 70.5 Å². The van der Waals surface area contributed by atoms with Gasteiger partial charge in [0.2, 0.25) is 5.91 Å². The van der Waals surface area contributed by atoms with Crippen molar-refractivity contribution in [2.45, 2.75) is 45.2 Å². The Hall–Kier alpha value is -3.45. The standard InChI is InChI=1S/C29H35N5O2/c35-28-14-20-34-27(11-16-31-34)33(28)22-25-7-9-26(10-8-25)29(36)30-15-4-17-32-18-12-24(13-19-32)21-23-5-2-1-3-6-23/h1-3,5-11,16,24H,4,12-15,17-22H2,(H,30,36). The number of aryl methyl sites for hydroxylation is 1. The van der Waals surface area contributed by atoms with Crippen LogP contribution in [-0.4, -0.2) is 52.7 Å². The van der Waals surface area contributed by atoms with Crippen LogP contribution in [0.15, 0.2) is 66.9 Å². The van der Waals surface area contributed by atoms with Gasteiger partial charge < -0.3 is 10.2 Å². The molecule has 0 saturated carbocycles. The van der Waals surface area contributed by atoms with Gasteiger partial charge in [0.1, 0.15) is 5.82 Å². The summed E-state index contributed by atoms with van der Waals surface area (Å²) in [6, 6.07) is 20.2. The number of carbonyl (C=O) groups is 2. The molecule has 1 fully saturated rings. The van der Waals surface area contributed by atoms with Gasteiger partial charge in [-0.05, 0) is 74.5 Å². The van der Waals surface area contributed by atoms with Gasteiger partial charge in [-0.15, -0.1) is 0 Å². The number of nitrogens with zero attached hydrogens (tertiary/aromatic N) is 4. The second-order valence-electron chi connectivity index (χ2n) is 9.92. The van der Waals surface area contributed by atoms with Gasteiger partial charge >= 0.3 is 0 Å². The molecule has 0 aliphatic carbocycles. The van der Waals surface area contributed by atoms with Crippen molar-refractivity contribution in [1.82, 2.24) is 20.0 Å². The van der Waals surface area contributed by atoms with Gasteiger partial charge in [-0.3, -0.25) is 14.5 Å². The van der Waals surface area contributed by atoms with E-state index in [0.717, 1.165) is 43.4 Å². The minimum Gasteiger partial charge on any atom is -0.352 e. The van der Waals surface area contributed by atoms with Crippen LogP contribution in [-0.2, 0) is 24.3 Å². The lowest BCUT2D eigenvalue weighted by Gasteiger charge is -2.32. The average molecular weight is 486 g/mol. The van der Waals surface area contributed by atoms with Gasteiger partial charge in [-0.25, -0.2) is 4.68 Å². The molecule has 0 spiro atoms. The molecule has 3 heterocycles. The van der Waals surface area contributed by atoms with Crippen LogP contribution >= 0.6 is 0 Å². The highest BCUT2D eigenvalue weighted by molar-refractivity contribution is 5.95. The minimum absolute atomic E-state index is 0.0461. The molecule has 5 rings (SSSR count). The molecule has 1 saturated heterocycles. The number of amides is 2. The molecule has 2 aliphatic heterocycles. The van der Waals surface area contributed by atoms with E-state index in [1.165, 1.54) is 24.8 Å². The summed E-state index contributed by atoms with van der Waals surface area (Å²) < 4.78 is 1.86. The summed E-state index contributed by atoms with van der Waals surface area (Å²) in [4.78, 5) is 29.3. The Balaban J connectivity index is 1.01. The van der Waals surface area contributed by atoms with Gasteiger partial charge in [0, 0.05) is 24.6 Å². The maximum atomic E-state index is 12.6. The van der Waals surface area contributed by atoms with Crippen LogP contribution < -0.4 is 10.2 Å². The number of aromatic nitrogens is 2. The Morgan fingerprint density at radius 2 is 1.72 bits per heavy atom. The highest BCUT2D eigenvalue weighted by Gasteiger charge is 2.24. The summed E-state index contributed by atoms with van der Waals surface area (Å²) in [5, 5.41) is 7.33. The van der Waals surface area contributed by atoms with Crippen LogP contribution in [0.1, 0.15) is 47.2 Å². The number of piperidine rings is 1. The first-order valence-electron chi connectivity index (χ1n) is 13.1. The van der Waals surface area contributed by atoms with Crippen molar-refractivity contribution in [1.29, 1.82) is 0 Å². The summed E-state index contributed by atoms with van der Waals surface area (Å²) in [5.41, 5.74) is 3.08. The predicted octanol–water partition coefficient (Wildman–Crippen LogP) is 3.89. The fourth-order valence-corrected chi connectivity index (χ4v) is 5.27. The summed E-state index contributed by atoms with van der Waals surface area (Å²) in [6.45, 7) is 5.10. The van der Waals surface area contributed by atoms with Crippen LogP contribution in [0, 0.1) is 5.92 Å². The van der Waals surface area contributed by atoms with E-state index in [4.69, 9.17) is 0 Å². The molecular formula is C29H35N5O2. The fourth-order valence-electron chi connectivity index (χ4n) is 5.27. The van der Waals surface area contributed by atoms with Crippen molar-refractivity contribution in [3.63, 3.8) is 0 Å². The lowest BCUT2D eigenvalue weighted by molar-refractivity contribution is -0.119. The normalized spacial score (nSPS) is 16.7. The molecule has 7 nitrogen and oxygen atoms in total. The van der Waals surface area contributed by atoms with E-state index in [1.807, 2.05) is 35.0 Å². The Morgan fingerprint density at radius 1 is 0.944 bits per heavy atom. The largest absolute Gasteiger partial charge is 0.352 e. The highest BCUT2D eigenvalue weighted by atomic mass is 16.2. The number of hydrogen-bond donors (Lipinski definition) is 1. The monoisotopic (exact) mass is 485 g/mol. The first-order valence-corrected chi connectivity index (χ1v) is 13.1. The molecule has 1 N–H and O–H groups in total. The van der Waals surface area contributed by atoms with E-state index < -0.39 is 0 Å². The minimum atomic E-state index is -0.0461. The summed E-state index contributed by atoms with van der Waals surface area (Å²) in [7, 11) is 0. The number of hydrogen-bond acceptors (Lipinski definition) is 4. The predicted molar refractivity (Wildman–Crippen MR) is 141 cm³/mol. The zero-order valence-electron chi connectivity index (χ0n) is 20.8. The van der Waals surface area contributed by atoms with Gasteiger partial charge in [-0.2, -0.15) is 5.10 Å². The average Bonchev–Trinajstić information content (AvgIpc) is 3.39. The Bertz CT molecular complexity index is 1150. The molecule has 7 heteroatoms. The van der Waals surface area contributed by atoms with Crippen molar-refractivity contribution in [2.24, 2.45) is 5.92 Å². The second-order valence-corrected chi connectivity index (χ2v) is 9.92. The van der Waals surface area contributed by atoms with E-state index in [-0.39, 0.29) is 11.8 Å². The third-order valence-corrected chi connectivity index (χ3v) is 7.38. The number of rotatable bonds is 9. The number of nitrogens with one attached hydrogen (secondary N) is 1. The summed E-state index contributed by atoms with van der Waals surface area (Å²) in [6.07, 6.45) is 6.82. The fraction of sp³-hybridized carbons (Fsp3) is 0.414. The molecule has 2 aromatic carbocycles. The van der Waals surface area contributed by atoms with Crippen molar-refractivity contribution >= 4 is 17.6 Å². The first-order chi connectivity index (χ1) is 17.7. The van der Waals surface area contributed by atoms with E-state index in [0.29, 0.717) is 31.6 Å². The first kappa shape index (κ1) is 24.3. The van der Waals surface area contributed by atoms with Gasteiger partial charge in [-0.1, -0.05) is 42.5 Å². The Morgan fingerprint density at radius 3 is 2.50 bits per heavy atom. The molecule has 0 radical (unpaired) electrons. The summed E-state index contributed by atoms with van der Waals surface area (Å²) in [5.74, 6) is 1.66. The highest BCUT2D eigenvalue weighted by Crippen LogP contribution is 2.23. The zero-order valence-corrected chi connectivity index (χ0v) is 20.8. The van der Waals surface area contributed by atoms with E-state index in [2.05, 4.69) is 45.6 Å². The molecule has 36 heavy (non-hydrogen) atoms. The number of benzene rings is 2. The van der Waals surface area contributed by atoms with Crippen LogP contribution in [0.25, 0.3) is 0 Å². The third-order valence-electron chi connectivity index (χ3n) is 7.38. The van der Waals surface area contributed by atoms with Crippen molar-refractivity contribution < 1.29 is 9.59 Å². The third kappa shape index (κ3) is 6.02. The maximum absolute atomic E-state index is 12.6. The Labute approximate surface area is 213 Å². The molecule has 1 aromatic heterocycles. The van der Waals surface area contributed by atoms with Crippen molar-refractivity contribution in [2.75, 3.05) is 31.1 Å². The quantitative estimate of drug-likeness (QED) is 0.467. The number of fused-ring (bicyclic) bond motifs is 1. The van der Waals surface area contributed by atoms with Gasteiger partial charge in [0.25, 0.3) is 5.91 Å². The smallest absolute Gasteiger partial charge is 0.251 e. The molecule has 3 aromatic rings. The maximum Gasteiger partial charge on any atom is 0.251 e. The SMILES string of the molecule is O=C(NCCCN1CCC(Cc2ccccc2)CC1)c1ccc(CN2C(=O)CCn3nccc32)cc1. The molecule has 188 valence electrons. The van der Waals surface area contributed by atoms with Crippen LogP contribution in [0.3, 0.4) is 0 Å². The van der Waals surface area contributed by atoms with Crippen LogP contribution in [0.5, 0.6) is 0 Å². The van der Waals surface area contributed by atoms with E-state index >= 15 is 0 Å². The lowest BCUT2D eigenvalue weighted by atomic mass is 9.90. The number of likely N-dealkylation sites (tertiary alicyclic amines) is 1. The van der Waals surface area contributed by atoms with E-state index in [1.54, 1.807) is 11.1 Å². The van der Waals surface area contributed by atoms with Crippen molar-refractivity contribution in [3.8, 4) is 0 Å². The van der Waals surface area contributed by atoms with Crippen molar-refractivity contribution in [3.05, 3.63) is 83.6 Å². The number of carbonyl (C=O) groups excluding carboxylic acids is 2. The molecule has 2 amide bonds. The second kappa shape index (κ2) is 11.5. The molecular weight excluding hydrogens is 450 g/mol. The zero-order chi connectivity index (χ0) is 24.7. The summed E-state index contributed by atoms with van der Waals surface area (Å²) >= 11 is 0. The van der Waals surface area contributed by atoms with E-state index in [9.17, 15) is 9.59 Å². The lowest BCUT2D eigenvalue weighted by Crippen LogP contribution is -2.37. The Kier molecular flexibility index (Phi) is 7.76. The molecule has 2 aliphatic rings. The number of anilines is 1.